The van der Waals surface area contributed by atoms with Crippen LogP contribution in [0, 0.1) is 3.57 Å². The fourth-order valence-electron chi connectivity index (χ4n) is 2.89. The molecule has 0 radical (unpaired) electrons. The number of amides is 1. The highest BCUT2D eigenvalue weighted by atomic mass is 127. The predicted octanol–water partition coefficient (Wildman–Crippen LogP) is 3.61. The molecule has 0 saturated heterocycles. The topological polar surface area (TPSA) is 133 Å². The largest absolute Gasteiger partial charge is 0.453 e. The van der Waals surface area contributed by atoms with E-state index in [-0.39, 0.29) is 11.9 Å². The molecule has 0 bridgehead atoms. The summed E-state index contributed by atoms with van der Waals surface area (Å²) in [5, 5.41) is 11.5. The number of ether oxygens (including phenoxy) is 1. The number of anilines is 2. The van der Waals surface area contributed by atoms with Gasteiger partial charge in [-0.2, -0.15) is 9.78 Å². The summed E-state index contributed by atoms with van der Waals surface area (Å²) in [6.07, 6.45) is 3.59. The number of fused-ring (bicyclic) bond motifs is 1. The number of hydrogen-bond donors (Lipinski definition) is 2. The van der Waals surface area contributed by atoms with E-state index in [1.807, 2.05) is 19.1 Å². The van der Waals surface area contributed by atoms with E-state index in [2.05, 4.69) is 68.0 Å². The van der Waals surface area contributed by atoms with Gasteiger partial charge in [0, 0.05) is 20.0 Å². The summed E-state index contributed by atoms with van der Waals surface area (Å²) in [6.45, 7) is 1.92. The summed E-state index contributed by atoms with van der Waals surface area (Å²) in [6, 6.07) is 4.92. The van der Waals surface area contributed by atoms with Crippen LogP contribution in [0.4, 0.5) is 16.4 Å². The third-order valence-corrected chi connectivity index (χ3v) is 5.30. The standard InChI is InChI=1S/C18H15ClIN9O2/c1-9(27-16-11-3-10(19)4-12(20)15(11)23-7-24-16)17-25-8-26-29(17)14-5-13(21-6-22-14)28-18(30)31-2/h3-9H,1-2H3,(H,23,24,27)(H,21,22,28,30)/t9-/m0/s1. The van der Waals surface area contributed by atoms with Crippen molar-refractivity contribution in [2.75, 3.05) is 17.7 Å². The van der Waals surface area contributed by atoms with Gasteiger partial charge in [0.05, 0.1) is 18.7 Å². The number of benzene rings is 1. The monoisotopic (exact) mass is 551 g/mol. The van der Waals surface area contributed by atoms with Crippen molar-refractivity contribution in [3.63, 3.8) is 0 Å². The zero-order valence-corrected chi connectivity index (χ0v) is 19.2. The van der Waals surface area contributed by atoms with Crippen LogP contribution in [-0.2, 0) is 4.74 Å². The van der Waals surface area contributed by atoms with Gasteiger partial charge >= 0.3 is 6.09 Å². The second kappa shape index (κ2) is 8.93. The number of nitrogens with one attached hydrogen (secondary N) is 2. The van der Waals surface area contributed by atoms with Gasteiger partial charge in [0.1, 0.15) is 30.6 Å². The van der Waals surface area contributed by atoms with E-state index in [4.69, 9.17) is 11.6 Å². The van der Waals surface area contributed by atoms with Gasteiger partial charge in [-0.1, -0.05) is 11.6 Å². The Bertz CT molecular complexity index is 1270. The highest BCUT2D eigenvalue weighted by molar-refractivity contribution is 14.1. The smallest absolute Gasteiger partial charge is 0.412 e. The molecule has 0 aliphatic rings. The lowest BCUT2D eigenvalue weighted by Crippen LogP contribution is -2.17. The molecule has 3 aromatic heterocycles. The first kappa shape index (κ1) is 21.1. The molecule has 2 N–H and O–H groups in total. The van der Waals surface area contributed by atoms with Crippen molar-refractivity contribution >= 4 is 62.8 Å². The molecule has 0 unspecified atom stereocenters. The Hall–Kier alpha value is -3.13. The summed E-state index contributed by atoms with van der Waals surface area (Å²) < 4.78 is 7.06. The van der Waals surface area contributed by atoms with Gasteiger partial charge in [-0.25, -0.2) is 29.7 Å². The van der Waals surface area contributed by atoms with Gasteiger partial charge in [0.25, 0.3) is 0 Å². The number of methoxy groups -OCH3 is 1. The summed E-state index contributed by atoms with van der Waals surface area (Å²) in [5.41, 5.74) is 0.797. The Kier molecular flexibility index (Phi) is 6.08. The summed E-state index contributed by atoms with van der Waals surface area (Å²) >= 11 is 8.42. The van der Waals surface area contributed by atoms with Crippen LogP contribution in [0.5, 0.6) is 0 Å². The minimum Gasteiger partial charge on any atom is -0.453 e. The molecule has 4 aromatic rings. The third-order valence-electron chi connectivity index (χ3n) is 4.26. The van der Waals surface area contributed by atoms with Gasteiger partial charge in [-0.15, -0.1) is 0 Å². The van der Waals surface area contributed by atoms with Crippen molar-refractivity contribution in [3.8, 4) is 5.82 Å². The summed E-state index contributed by atoms with van der Waals surface area (Å²) in [4.78, 5) is 32.7. The lowest BCUT2D eigenvalue weighted by Gasteiger charge is -2.16. The molecule has 1 amide bonds. The van der Waals surface area contributed by atoms with Crippen molar-refractivity contribution in [2.24, 2.45) is 0 Å². The molecule has 1 aromatic carbocycles. The molecule has 0 spiro atoms. The van der Waals surface area contributed by atoms with E-state index in [0.29, 0.717) is 22.5 Å². The quantitative estimate of drug-likeness (QED) is 0.357. The van der Waals surface area contributed by atoms with Gasteiger partial charge in [0.15, 0.2) is 11.6 Å². The van der Waals surface area contributed by atoms with Crippen LogP contribution in [0.15, 0.2) is 37.2 Å². The van der Waals surface area contributed by atoms with Crippen LogP contribution in [0.2, 0.25) is 5.02 Å². The third kappa shape index (κ3) is 4.49. The molecule has 31 heavy (non-hydrogen) atoms. The minimum atomic E-state index is -0.637. The highest BCUT2D eigenvalue weighted by Crippen LogP contribution is 2.29. The Labute approximate surface area is 194 Å². The first-order valence-corrected chi connectivity index (χ1v) is 10.4. The van der Waals surface area contributed by atoms with Crippen molar-refractivity contribution in [1.29, 1.82) is 0 Å². The highest BCUT2D eigenvalue weighted by Gasteiger charge is 2.18. The van der Waals surface area contributed by atoms with Gasteiger partial charge in [0.2, 0.25) is 0 Å². The van der Waals surface area contributed by atoms with Crippen LogP contribution >= 0.6 is 34.2 Å². The van der Waals surface area contributed by atoms with Crippen molar-refractivity contribution < 1.29 is 9.53 Å². The average molecular weight is 552 g/mol. The molecule has 11 nitrogen and oxygen atoms in total. The van der Waals surface area contributed by atoms with E-state index in [9.17, 15) is 4.79 Å². The first-order chi connectivity index (χ1) is 15.0. The normalized spacial score (nSPS) is 11.9. The maximum atomic E-state index is 11.5. The molecule has 1 atom stereocenters. The Morgan fingerprint density at radius 1 is 1.13 bits per heavy atom. The van der Waals surface area contributed by atoms with Gasteiger partial charge in [-0.05, 0) is 41.6 Å². The number of carbonyl (C=O) groups is 1. The number of nitrogens with zero attached hydrogens (tertiary/aromatic N) is 7. The van der Waals surface area contributed by atoms with E-state index in [1.54, 1.807) is 10.7 Å². The molecule has 158 valence electrons. The second-order valence-corrected chi connectivity index (χ2v) is 7.88. The number of carbonyl (C=O) groups excluding carboxylic acids is 1. The van der Waals surface area contributed by atoms with Crippen LogP contribution in [0.1, 0.15) is 18.8 Å². The number of rotatable bonds is 5. The fourth-order valence-corrected chi connectivity index (χ4v) is 4.05. The van der Waals surface area contributed by atoms with Crippen molar-refractivity contribution in [3.05, 3.63) is 51.6 Å². The number of halogens is 2. The molecular weight excluding hydrogens is 537 g/mol. The molecule has 13 heteroatoms. The number of hydrogen-bond acceptors (Lipinski definition) is 9. The van der Waals surface area contributed by atoms with Crippen molar-refractivity contribution in [2.45, 2.75) is 13.0 Å². The van der Waals surface area contributed by atoms with Crippen LogP contribution in [0.3, 0.4) is 0 Å². The van der Waals surface area contributed by atoms with Crippen LogP contribution < -0.4 is 10.6 Å². The van der Waals surface area contributed by atoms with Crippen LogP contribution in [0.25, 0.3) is 16.7 Å². The van der Waals surface area contributed by atoms with Gasteiger partial charge < -0.3 is 10.1 Å². The lowest BCUT2D eigenvalue weighted by molar-refractivity contribution is 0.187. The van der Waals surface area contributed by atoms with E-state index >= 15 is 0 Å². The lowest BCUT2D eigenvalue weighted by atomic mass is 10.2. The van der Waals surface area contributed by atoms with Gasteiger partial charge in [-0.3, -0.25) is 5.32 Å². The Morgan fingerprint density at radius 3 is 2.74 bits per heavy atom. The molecule has 4 rings (SSSR count). The SMILES string of the molecule is COC(=O)Nc1cc(-n2ncnc2[C@H](C)Nc2ncnc3c(I)cc(Cl)cc23)ncn1. The zero-order valence-electron chi connectivity index (χ0n) is 16.2. The first-order valence-electron chi connectivity index (χ1n) is 8.90. The fraction of sp³-hybridized carbons (Fsp3) is 0.167. The predicted molar refractivity (Wildman–Crippen MR) is 122 cm³/mol. The zero-order chi connectivity index (χ0) is 22.0. The summed E-state index contributed by atoms with van der Waals surface area (Å²) in [7, 11) is 1.27. The molecule has 0 saturated carbocycles. The Morgan fingerprint density at radius 2 is 1.94 bits per heavy atom. The van der Waals surface area contributed by atoms with E-state index in [0.717, 1.165) is 14.5 Å². The van der Waals surface area contributed by atoms with Crippen molar-refractivity contribution in [1.82, 2.24) is 34.7 Å². The molecule has 3 heterocycles. The maximum Gasteiger partial charge on any atom is 0.412 e. The molecule has 0 fully saturated rings. The Balaban J connectivity index is 1.65. The van der Waals surface area contributed by atoms with E-state index < -0.39 is 6.09 Å². The maximum absolute atomic E-state index is 11.5. The number of aromatic nitrogens is 7. The average Bonchev–Trinajstić information content (AvgIpc) is 3.24. The second-order valence-electron chi connectivity index (χ2n) is 6.28. The summed E-state index contributed by atoms with van der Waals surface area (Å²) in [5.74, 6) is 1.88. The molecular formula is C18H15ClIN9O2. The minimum absolute atomic E-state index is 0.268. The molecule has 0 aliphatic heterocycles. The van der Waals surface area contributed by atoms with E-state index in [1.165, 1.54) is 26.1 Å². The molecule has 0 aliphatic carbocycles. The van der Waals surface area contributed by atoms with Crippen LogP contribution in [-0.4, -0.2) is 47.9 Å².